The number of rotatable bonds is 6. The van der Waals surface area contributed by atoms with Gasteiger partial charge in [-0.25, -0.2) is 0 Å². The monoisotopic (exact) mass is 429 g/mol. The normalized spacial score (nSPS) is 19.6. The zero-order chi connectivity index (χ0) is 19.3. The van der Waals surface area contributed by atoms with Gasteiger partial charge in [-0.3, -0.25) is 14.5 Å². The number of hydrogen-bond acceptors (Lipinski definition) is 4. The van der Waals surface area contributed by atoms with Gasteiger partial charge in [0.2, 0.25) is 5.91 Å². The van der Waals surface area contributed by atoms with Crippen LogP contribution in [-0.4, -0.2) is 59.9 Å². The van der Waals surface area contributed by atoms with Gasteiger partial charge in [-0.1, -0.05) is 36.0 Å². The standard InChI is InChI=1S/C19H25Cl2N3O2S/c20-14-3-4-15(16(21)11-14)18(26)22-12-17(25)23-13-19(5-1-2-6-19)24-7-9-27-10-8-24/h3-4,11H,1-2,5-10,12-13H2,(H,22,26)(H,23,25). The summed E-state index contributed by atoms with van der Waals surface area (Å²) in [5.41, 5.74) is 0.395. The molecule has 1 saturated heterocycles. The van der Waals surface area contributed by atoms with Crippen molar-refractivity contribution in [2.24, 2.45) is 0 Å². The molecule has 8 heteroatoms. The van der Waals surface area contributed by atoms with Crippen LogP contribution in [0.4, 0.5) is 0 Å². The maximum absolute atomic E-state index is 12.3. The van der Waals surface area contributed by atoms with E-state index in [-0.39, 0.29) is 28.9 Å². The molecule has 1 heterocycles. The smallest absolute Gasteiger partial charge is 0.253 e. The van der Waals surface area contributed by atoms with Gasteiger partial charge in [-0.05, 0) is 31.0 Å². The van der Waals surface area contributed by atoms with Crippen LogP contribution in [0, 0.1) is 0 Å². The zero-order valence-electron chi connectivity index (χ0n) is 15.2. The first-order valence-electron chi connectivity index (χ1n) is 9.33. The van der Waals surface area contributed by atoms with Gasteiger partial charge in [0.25, 0.3) is 5.91 Å². The molecule has 1 saturated carbocycles. The van der Waals surface area contributed by atoms with Crippen LogP contribution in [0.25, 0.3) is 0 Å². The quantitative estimate of drug-likeness (QED) is 0.728. The predicted molar refractivity (Wildman–Crippen MR) is 112 cm³/mol. The molecule has 0 unspecified atom stereocenters. The van der Waals surface area contributed by atoms with Crippen LogP contribution in [0.1, 0.15) is 36.0 Å². The lowest BCUT2D eigenvalue weighted by Crippen LogP contribution is -2.57. The molecule has 2 N–H and O–H groups in total. The Labute approximate surface area is 174 Å². The van der Waals surface area contributed by atoms with Crippen molar-refractivity contribution in [2.45, 2.75) is 31.2 Å². The Morgan fingerprint density at radius 1 is 1.11 bits per heavy atom. The molecule has 2 aliphatic rings. The van der Waals surface area contributed by atoms with Gasteiger partial charge in [0.05, 0.1) is 17.1 Å². The largest absolute Gasteiger partial charge is 0.353 e. The van der Waals surface area contributed by atoms with Crippen molar-refractivity contribution in [3.05, 3.63) is 33.8 Å². The van der Waals surface area contributed by atoms with Crippen molar-refractivity contribution in [3.63, 3.8) is 0 Å². The molecule has 5 nitrogen and oxygen atoms in total. The molecule has 2 fully saturated rings. The second-order valence-electron chi connectivity index (χ2n) is 7.11. The Bertz CT molecular complexity index is 690. The van der Waals surface area contributed by atoms with Gasteiger partial charge >= 0.3 is 0 Å². The van der Waals surface area contributed by atoms with Crippen LogP contribution in [0.3, 0.4) is 0 Å². The molecule has 2 amide bonds. The van der Waals surface area contributed by atoms with E-state index in [1.54, 1.807) is 12.1 Å². The number of amides is 2. The highest BCUT2D eigenvalue weighted by atomic mass is 35.5. The molecule has 1 aromatic carbocycles. The summed E-state index contributed by atoms with van der Waals surface area (Å²) in [5, 5.41) is 6.40. The Morgan fingerprint density at radius 3 is 2.48 bits per heavy atom. The number of nitrogens with zero attached hydrogens (tertiary/aromatic N) is 1. The van der Waals surface area contributed by atoms with Crippen molar-refractivity contribution >= 4 is 46.8 Å². The second kappa shape index (κ2) is 9.50. The van der Waals surface area contributed by atoms with E-state index in [1.807, 2.05) is 11.8 Å². The predicted octanol–water partition coefficient (Wildman–Crippen LogP) is 3.20. The lowest BCUT2D eigenvalue weighted by molar-refractivity contribution is -0.120. The van der Waals surface area contributed by atoms with E-state index < -0.39 is 0 Å². The molecule has 0 spiro atoms. The minimum absolute atomic E-state index is 0.0658. The second-order valence-corrected chi connectivity index (χ2v) is 9.18. The summed E-state index contributed by atoms with van der Waals surface area (Å²) in [4.78, 5) is 27.1. The molecule has 0 radical (unpaired) electrons. The highest BCUT2D eigenvalue weighted by Gasteiger charge is 2.40. The fourth-order valence-electron chi connectivity index (χ4n) is 3.93. The Balaban J connectivity index is 1.50. The van der Waals surface area contributed by atoms with E-state index in [1.165, 1.54) is 18.9 Å². The van der Waals surface area contributed by atoms with Gasteiger partial charge in [0.15, 0.2) is 0 Å². The van der Waals surface area contributed by atoms with Gasteiger partial charge in [-0.15, -0.1) is 0 Å². The van der Waals surface area contributed by atoms with E-state index >= 15 is 0 Å². The van der Waals surface area contributed by atoms with Crippen molar-refractivity contribution in [1.29, 1.82) is 0 Å². The molecule has 27 heavy (non-hydrogen) atoms. The summed E-state index contributed by atoms with van der Waals surface area (Å²) in [6, 6.07) is 4.67. The first kappa shape index (κ1) is 20.8. The molecule has 0 atom stereocenters. The van der Waals surface area contributed by atoms with Crippen LogP contribution in [0.2, 0.25) is 10.0 Å². The highest BCUT2D eigenvalue weighted by Crippen LogP contribution is 2.36. The Kier molecular flexibility index (Phi) is 7.31. The first-order chi connectivity index (χ1) is 13.0. The van der Waals surface area contributed by atoms with Gasteiger partial charge < -0.3 is 10.6 Å². The summed E-state index contributed by atoms with van der Waals surface area (Å²) in [7, 11) is 0. The Hall–Kier alpha value is -0.950. The third-order valence-corrected chi connectivity index (χ3v) is 6.91. The molecule has 148 valence electrons. The molecule has 1 aliphatic heterocycles. The maximum Gasteiger partial charge on any atom is 0.253 e. The number of carbonyl (C=O) groups excluding carboxylic acids is 2. The Morgan fingerprint density at radius 2 is 1.81 bits per heavy atom. The van der Waals surface area contributed by atoms with Crippen molar-refractivity contribution < 1.29 is 9.59 Å². The molecule has 1 aliphatic carbocycles. The zero-order valence-corrected chi connectivity index (χ0v) is 17.6. The van der Waals surface area contributed by atoms with E-state index in [0.29, 0.717) is 17.1 Å². The minimum atomic E-state index is -0.379. The summed E-state index contributed by atoms with van der Waals surface area (Å²) in [6.45, 7) is 2.76. The number of benzene rings is 1. The fraction of sp³-hybridized carbons (Fsp3) is 0.579. The minimum Gasteiger partial charge on any atom is -0.353 e. The van der Waals surface area contributed by atoms with Crippen LogP contribution < -0.4 is 10.6 Å². The van der Waals surface area contributed by atoms with E-state index in [2.05, 4.69) is 15.5 Å². The molecule has 0 bridgehead atoms. The van der Waals surface area contributed by atoms with E-state index in [9.17, 15) is 9.59 Å². The molecular formula is C19H25Cl2N3O2S. The van der Waals surface area contributed by atoms with Gasteiger partial charge in [0.1, 0.15) is 0 Å². The molecular weight excluding hydrogens is 405 g/mol. The third kappa shape index (κ3) is 5.31. The van der Waals surface area contributed by atoms with Crippen molar-refractivity contribution in [2.75, 3.05) is 37.7 Å². The summed E-state index contributed by atoms with van der Waals surface area (Å²) < 4.78 is 0. The number of nitrogens with one attached hydrogen (secondary N) is 2. The number of halogens is 2. The number of hydrogen-bond donors (Lipinski definition) is 2. The fourth-order valence-corrected chi connectivity index (χ4v) is 5.33. The lowest BCUT2D eigenvalue weighted by atomic mass is 9.94. The van der Waals surface area contributed by atoms with E-state index in [0.717, 1.165) is 37.4 Å². The third-order valence-electron chi connectivity index (χ3n) is 5.42. The van der Waals surface area contributed by atoms with Crippen LogP contribution in [0.5, 0.6) is 0 Å². The first-order valence-corrected chi connectivity index (χ1v) is 11.2. The number of carbonyl (C=O) groups is 2. The highest BCUT2D eigenvalue weighted by molar-refractivity contribution is 7.99. The average Bonchev–Trinajstić information content (AvgIpc) is 3.15. The maximum atomic E-state index is 12.3. The average molecular weight is 430 g/mol. The van der Waals surface area contributed by atoms with Crippen LogP contribution >= 0.6 is 35.0 Å². The van der Waals surface area contributed by atoms with Crippen LogP contribution in [0.15, 0.2) is 18.2 Å². The topological polar surface area (TPSA) is 61.4 Å². The molecule has 3 rings (SSSR count). The van der Waals surface area contributed by atoms with E-state index in [4.69, 9.17) is 23.2 Å². The molecule has 1 aromatic rings. The van der Waals surface area contributed by atoms with Crippen molar-refractivity contribution in [3.8, 4) is 0 Å². The summed E-state index contributed by atoms with van der Waals surface area (Å²) >= 11 is 13.9. The van der Waals surface area contributed by atoms with Gasteiger partial charge in [-0.2, -0.15) is 11.8 Å². The summed E-state index contributed by atoms with van der Waals surface area (Å²) in [6.07, 6.45) is 4.69. The lowest BCUT2D eigenvalue weighted by Gasteiger charge is -2.43. The summed E-state index contributed by atoms with van der Waals surface area (Å²) in [5.74, 6) is 1.77. The van der Waals surface area contributed by atoms with Crippen LogP contribution in [-0.2, 0) is 4.79 Å². The number of thioether (sulfide) groups is 1. The molecule has 0 aromatic heterocycles. The van der Waals surface area contributed by atoms with Crippen molar-refractivity contribution in [1.82, 2.24) is 15.5 Å². The van der Waals surface area contributed by atoms with Gasteiger partial charge in [0, 0.05) is 41.7 Å². The SMILES string of the molecule is O=C(CNC(=O)c1ccc(Cl)cc1Cl)NCC1(N2CCSCC2)CCCC1.